The van der Waals surface area contributed by atoms with E-state index in [1.807, 2.05) is 11.8 Å². The molecule has 0 unspecified atom stereocenters. The number of nitrogens with two attached hydrogens (primary N) is 2. The first-order valence-electron chi connectivity index (χ1n) is 6.45. The summed E-state index contributed by atoms with van der Waals surface area (Å²) in [5, 5.41) is 0. The van der Waals surface area contributed by atoms with Crippen molar-refractivity contribution in [3.8, 4) is 0 Å². The van der Waals surface area contributed by atoms with Crippen LogP contribution in [0, 0.1) is 0 Å². The van der Waals surface area contributed by atoms with Gasteiger partial charge in [-0.3, -0.25) is 0 Å². The average Bonchev–Trinajstić information content (AvgIpc) is 2.35. The topological polar surface area (TPSA) is 81.1 Å². The van der Waals surface area contributed by atoms with Crippen molar-refractivity contribution >= 4 is 48.3 Å². The Morgan fingerprint density at radius 3 is 2.40 bits per heavy atom. The highest BCUT2D eigenvalue weighted by molar-refractivity contribution is 7.99. The molecule has 1 saturated carbocycles. The molecule has 0 spiro atoms. The van der Waals surface area contributed by atoms with Crippen molar-refractivity contribution in [1.29, 1.82) is 0 Å². The van der Waals surface area contributed by atoms with E-state index in [2.05, 4.69) is 20.9 Å². The second-order valence-corrected chi connectivity index (χ2v) is 6.26. The van der Waals surface area contributed by atoms with Crippen LogP contribution in [0.1, 0.15) is 24.5 Å². The molecule has 0 bridgehead atoms. The minimum atomic E-state index is 0. The highest BCUT2D eigenvalue weighted by atomic mass is 35.5. The van der Waals surface area contributed by atoms with Gasteiger partial charge in [0, 0.05) is 42.6 Å². The quantitative estimate of drug-likeness (QED) is 0.854. The van der Waals surface area contributed by atoms with Crippen LogP contribution in [0.4, 0.5) is 11.8 Å². The van der Waals surface area contributed by atoms with Crippen LogP contribution in [0.15, 0.2) is 6.07 Å². The van der Waals surface area contributed by atoms with Gasteiger partial charge in [-0.2, -0.15) is 16.7 Å². The molecule has 8 heteroatoms. The Hall–Kier alpha value is -0.430. The Balaban J connectivity index is 0.000001000. The molecule has 5 nitrogen and oxygen atoms in total. The van der Waals surface area contributed by atoms with Crippen molar-refractivity contribution in [2.45, 2.75) is 24.8 Å². The molecular formula is C12H21Cl2N5S. The van der Waals surface area contributed by atoms with E-state index in [4.69, 9.17) is 11.5 Å². The SMILES string of the molecule is Cl.Cl.Nc1nc(C2CC(N)C2)cc(N2CCSCC2)n1. The van der Waals surface area contributed by atoms with Gasteiger partial charge in [0.05, 0.1) is 5.69 Å². The first-order chi connectivity index (χ1) is 8.72. The third kappa shape index (κ3) is 3.81. The molecule has 114 valence electrons. The van der Waals surface area contributed by atoms with Crippen molar-refractivity contribution in [1.82, 2.24) is 9.97 Å². The van der Waals surface area contributed by atoms with Crippen molar-refractivity contribution in [2.24, 2.45) is 5.73 Å². The summed E-state index contributed by atoms with van der Waals surface area (Å²) in [5.74, 6) is 4.17. The van der Waals surface area contributed by atoms with Crippen LogP contribution < -0.4 is 16.4 Å². The van der Waals surface area contributed by atoms with E-state index in [1.54, 1.807) is 0 Å². The van der Waals surface area contributed by atoms with Gasteiger partial charge in [-0.1, -0.05) is 0 Å². The second-order valence-electron chi connectivity index (χ2n) is 5.04. The number of rotatable bonds is 2. The normalized spacial score (nSPS) is 25.1. The number of anilines is 2. The smallest absolute Gasteiger partial charge is 0.222 e. The fraction of sp³-hybridized carbons (Fsp3) is 0.667. The van der Waals surface area contributed by atoms with Crippen LogP contribution in [-0.4, -0.2) is 40.6 Å². The number of hydrogen-bond donors (Lipinski definition) is 2. The van der Waals surface area contributed by atoms with Crippen molar-refractivity contribution in [3.05, 3.63) is 11.8 Å². The van der Waals surface area contributed by atoms with Gasteiger partial charge in [-0.15, -0.1) is 24.8 Å². The van der Waals surface area contributed by atoms with Crippen molar-refractivity contribution < 1.29 is 0 Å². The maximum atomic E-state index is 5.84. The molecule has 2 aliphatic rings. The monoisotopic (exact) mass is 337 g/mol. The van der Waals surface area contributed by atoms with Crippen molar-refractivity contribution in [3.63, 3.8) is 0 Å². The number of nitrogens with zero attached hydrogens (tertiary/aromatic N) is 3. The van der Waals surface area contributed by atoms with E-state index in [1.165, 1.54) is 0 Å². The molecular weight excluding hydrogens is 317 g/mol. The molecule has 1 aromatic heterocycles. The first-order valence-corrected chi connectivity index (χ1v) is 7.60. The number of halogens is 2. The van der Waals surface area contributed by atoms with Gasteiger partial charge >= 0.3 is 0 Å². The van der Waals surface area contributed by atoms with E-state index in [-0.39, 0.29) is 24.8 Å². The summed E-state index contributed by atoms with van der Waals surface area (Å²) < 4.78 is 0. The average molecular weight is 338 g/mol. The minimum Gasteiger partial charge on any atom is -0.368 e. The highest BCUT2D eigenvalue weighted by Crippen LogP contribution is 2.36. The lowest BCUT2D eigenvalue weighted by Crippen LogP contribution is -2.36. The van der Waals surface area contributed by atoms with Gasteiger partial charge in [0.1, 0.15) is 5.82 Å². The lowest BCUT2D eigenvalue weighted by molar-refractivity contribution is 0.345. The molecule has 20 heavy (non-hydrogen) atoms. The van der Waals surface area contributed by atoms with Gasteiger partial charge in [0.15, 0.2) is 0 Å². The summed E-state index contributed by atoms with van der Waals surface area (Å²) >= 11 is 1.99. The zero-order valence-electron chi connectivity index (χ0n) is 11.2. The van der Waals surface area contributed by atoms with E-state index >= 15 is 0 Å². The Labute approximate surface area is 136 Å². The van der Waals surface area contributed by atoms with E-state index < -0.39 is 0 Å². The van der Waals surface area contributed by atoms with Gasteiger partial charge in [-0.05, 0) is 12.8 Å². The van der Waals surface area contributed by atoms with E-state index in [0.717, 1.165) is 48.9 Å². The lowest BCUT2D eigenvalue weighted by atomic mass is 9.78. The fourth-order valence-electron chi connectivity index (χ4n) is 2.54. The standard InChI is InChI=1S/C12H19N5S.2ClH/c13-9-5-8(6-9)10-7-11(16-12(14)15-10)17-1-3-18-4-2-17;;/h7-9H,1-6,13H2,(H2,14,15,16);2*1H. The first kappa shape index (κ1) is 17.6. The van der Waals surface area contributed by atoms with Crippen molar-refractivity contribution in [2.75, 3.05) is 35.2 Å². The van der Waals surface area contributed by atoms with Crippen LogP contribution in [0.25, 0.3) is 0 Å². The van der Waals surface area contributed by atoms with Crippen LogP contribution in [0.3, 0.4) is 0 Å². The summed E-state index contributed by atoms with van der Waals surface area (Å²) in [6.45, 7) is 2.09. The minimum absolute atomic E-state index is 0. The van der Waals surface area contributed by atoms with E-state index in [0.29, 0.717) is 17.9 Å². The lowest BCUT2D eigenvalue weighted by Gasteiger charge is -2.33. The molecule has 2 fully saturated rings. The Kier molecular flexibility index (Phi) is 6.64. The number of nitrogen functional groups attached to an aromatic ring is 1. The maximum absolute atomic E-state index is 5.84. The van der Waals surface area contributed by atoms with Gasteiger partial charge in [0.25, 0.3) is 0 Å². The summed E-state index contributed by atoms with van der Waals surface area (Å²) in [5.41, 5.74) is 12.7. The van der Waals surface area contributed by atoms with Gasteiger partial charge in [0.2, 0.25) is 5.95 Å². The van der Waals surface area contributed by atoms with Crippen LogP contribution in [0.5, 0.6) is 0 Å². The van der Waals surface area contributed by atoms with Crippen LogP contribution in [-0.2, 0) is 0 Å². The van der Waals surface area contributed by atoms with E-state index in [9.17, 15) is 0 Å². The third-order valence-corrected chi connectivity index (χ3v) is 4.62. The molecule has 0 amide bonds. The fourth-order valence-corrected chi connectivity index (χ4v) is 3.44. The predicted octanol–water partition coefficient (Wildman–Crippen LogP) is 1.66. The summed E-state index contributed by atoms with van der Waals surface area (Å²) in [6, 6.07) is 2.43. The Morgan fingerprint density at radius 1 is 1.15 bits per heavy atom. The van der Waals surface area contributed by atoms with Gasteiger partial charge < -0.3 is 16.4 Å². The largest absolute Gasteiger partial charge is 0.368 e. The molecule has 1 aliphatic carbocycles. The molecule has 0 atom stereocenters. The second kappa shape index (κ2) is 7.54. The van der Waals surface area contributed by atoms with Crippen LogP contribution >= 0.6 is 36.6 Å². The molecule has 1 aromatic rings. The maximum Gasteiger partial charge on any atom is 0.222 e. The summed E-state index contributed by atoms with van der Waals surface area (Å²) in [4.78, 5) is 11.0. The Bertz CT molecular complexity index is 436. The predicted molar refractivity (Wildman–Crippen MR) is 90.4 cm³/mol. The number of hydrogen-bond acceptors (Lipinski definition) is 6. The molecule has 0 aromatic carbocycles. The molecule has 2 heterocycles. The van der Waals surface area contributed by atoms with Crippen LogP contribution in [0.2, 0.25) is 0 Å². The molecule has 0 radical (unpaired) electrons. The molecule has 1 aliphatic heterocycles. The molecule has 3 rings (SSSR count). The highest BCUT2D eigenvalue weighted by Gasteiger charge is 2.29. The summed E-state index contributed by atoms with van der Waals surface area (Å²) in [7, 11) is 0. The third-order valence-electron chi connectivity index (χ3n) is 3.68. The zero-order valence-corrected chi connectivity index (χ0v) is 13.6. The number of aromatic nitrogens is 2. The number of thioether (sulfide) groups is 1. The molecule has 4 N–H and O–H groups in total. The zero-order chi connectivity index (χ0) is 12.5. The summed E-state index contributed by atoms with van der Waals surface area (Å²) in [6.07, 6.45) is 2.04. The van der Waals surface area contributed by atoms with Gasteiger partial charge in [-0.25, -0.2) is 4.98 Å². The Morgan fingerprint density at radius 2 is 1.80 bits per heavy atom. The molecule has 1 saturated heterocycles.